The van der Waals surface area contributed by atoms with Crippen molar-refractivity contribution in [1.29, 1.82) is 0 Å². The second-order valence-corrected chi connectivity index (χ2v) is 6.16. The predicted molar refractivity (Wildman–Crippen MR) is 73.8 cm³/mol. The van der Waals surface area contributed by atoms with Crippen LogP contribution in [0.1, 0.15) is 26.2 Å². The standard InChI is InChI=1S/C15H17F3N2O2/c1-8-6-10-11(7-12(8)21)19-13(22)20-14(10,15(16,17)18)5-4-9-2-3-9/h4-5,7,9-10,21H,2-3,6H2,1H3,(H2,19,20,22)/b5-4+/t10?,14-/m0/s1. The Labute approximate surface area is 125 Å². The summed E-state index contributed by atoms with van der Waals surface area (Å²) in [6.45, 7) is 1.59. The highest BCUT2D eigenvalue weighted by Gasteiger charge is 2.62. The van der Waals surface area contributed by atoms with Gasteiger partial charge in [0, 0.05) is 11.6 Å². The molecule has 1 saturated heterocycles. The number of carbonyl (C=O) groups is 1. The van der Waals surface area contributed by atoms with Gasteiger partial charge >= 0.3 is 12.2 Å². The largest absolute Gasteiger partial charge is 0.508 e. The number of rotatable bonds is 2. The molecule has 0 radical (unpaired) electrons. The number of aliphatic hydroxyl groups excluding tert-OH is 1. The molecule has 0 aromatic rings. The topological polar surface area (TPSA) is 61.4 Å². The summed E-state index contributed by atoms with van der Waals surface area (Å²) < 4.78 is 41.5. The maximum absolute atomic E-state index is 13.8. The maximum atomic E-state index is 13.8. The van der Waals surface area contributed by atoms with Gasteiger partial charge in [-0.2, -0.15) is 13.2 Å². The minimum Gasteiger partial charge on any atom is -0.508 e. The molecular weight excluding hydrogens is 297 g/mol. The van der Waals surface area contributed by atoms with Crippen LogP contribution >= 0.6 is 0 Å². The van der Waals surface area contributed by atoms with E-state index in [4.69, 9.17) is 0 Å². The highest BCUT2D eigenvalue weighted by atomic mass is 19.4. The van der Waals surface area contributed by atoms with Crippen molar-refractivity contribution in [1.82, 2.24) is 10.6 Å². The zero-order valence-electron chi connectivity index (χ0n) is 12.0. The van der Waals surface area contributed by atoms with Crippen LogP contribution in [0.25, 0.3) is 0 Å². The molecule has 1 heterocycles. The van der Waals surface area contributed by atoms with Crippen LogP contribution in [0.5, 0.6) is 0 Å². The van der Waals surface area contributed by atoms with Crippen LogP contribution in [0.3, 0.4) is 0 Å². The van der Waals surface area contributed by atoms with Crippen molar-refractivity contribution in [2.75, 3.05) is 0 Å². The van der Waals surface area contributed by atoms with Gasteiger partial charge in [0.1, 0.15) is 5.76 Å². The molecular formula is C15H17F3N2O2. The molecule has 2 amide bonds. The Hall–Kier alpha value is -1.92. The molecule has 0 aromatic carbocycles. The van der Waals surface area contributed by atoms with Gasteiger partial charge in [-0.1, -0.05) is 12.2 Å². The summed E-state index contributed by atoms with van der Waals surface area (Å²) in [5.74, 6) is -0.932. The molecule has 1 unspecified atom stereocenters. The van der Waals surface area contributed by atoms with E-state index < -0.39 is 23.7 Å². The lowest BCUT2D eigenvalue weighted by Gasteiger charge is -2.46. The number of amides is 2. The first-order valence-electron chi connectivity index (χ1n) is 7.18. The van der Waals surface area contributed by atoms with E-state index in [2.05, 4.69) is 10.6 Å². The van der Waals surface area contributed by atoms with Crippen LogP contribution < -0.4 is 10.6 Å². The van der Waals surface area contributed by atoms with Gasteiger partial charge in [0.2, 0.25) is 0 Å². The minimum atomic E-state index is -4.63. The van der Waals surface area contributed by atoms with E-state index in [0.29, 0.717) is 5.57 Å². The molecule has 3 rings (SSSR count). The number of allylic oxidation sites excluding steroid dienone is 3. The fourth-order valence-corrected chi connectivity index (χ4v) is 2.96. The lowest BCUT2D eigenvalue weighted by molar-refractivity contribution is -0.192. The van der Waals surface area contributed by atoms with Crippen LogP contribution in [0.2, 0.25) is 0 Å². The van der Waals surface area contributed by atoms with Crippen molar-refractivity contribution in [3.05, 3.63) is 35.3 Å². The number of hydrogen-bond acceptors (Lipinski definition) is 2. The maximum Gasteiger partial charge on any atom is 0.415 e. The van der Waals surface area contributed by atoms with Gasteiger partial charge in [-0.3, -0.25) is 0 Å². The number of nitrogens with one attached hydrogen (secondary N) is 2. The second-order valence-electron chi connectivity index (χ2n) is 6.16. The van der Waals surface area contributed by atoms with Gasteiger partial charge in [0.15, 0.2) is 5.54 Å². The first kappa shape index (κ1) is 15.0. The Morgan fingerprint density at radius 3 is 2.68 bits per heavy atom. The molecule has 7 heteroatoms. The molecule has 2 aliphatic carbocycles. The van der Waals surface area contributed by atoms with Gasteiger partial charge < -0.3 is 15.7 Å². The molecule has 0 bridgehead atoms. The summed E-state index contributed by atoms with van der Waals surface area (Å²) in [5, 5.41) is 14.2. The Morgan fingerprint density at radius 2 is 2.09 bits per heavy atom. The van der Waals surface area contributed by atoms with E-state index in [1.54, 1.807) is 13.0 Å². The van der Waals surface area contributed by atoms with Crippen molar-refractivity contribution in [3.8, 4) is 0 Å². The summed E-state index contributed by atoms with van der Waals surface area (Å²) in [5.41, 5.74) is -1.86. The van der Waals surface area contributed by atoms with Gasteiger partial charge in [-0.05, 0) is 43.8 Å². The first-order valence-corrected chi connectivity index (χ1v) is 7.18. The van der Waals surface area contributed by atoms with Crippen LogP contribution in [0.15, 0.2) is 35.3 Å². The van der Waals surface area contributed by atoms with Crippen molar-refractivity contribution < 1.29 is 23.1 Å². The van der Waals surface area contributed by atoms with E-state index in [1.807, 2.05) is 0 Å². The van der Waals surface area contributed by atoms with Crippen molar-refractivity contribution >= 4 is 6.03 Å². The summed E-state index contributed by atoms with van der Waals surface area (Å²) >= 11 is 0. The Bertz CT molecular complexity index is 602. The Kier molecular flexibility index (Phi) is 3.27. The highest BCUT2D eigenvalue weighted by Crippen LogP contribution is 2.47. The molecule has 2 fully saturated rings. The minimum absolute atomic E-state index is 0.0272. The molecule has 2 atom stereocenters. The van der Waals surface area contributed by atoms with E-state index in [-0.39, 0.29) is 23.8 Å². The third-order valence-electron chi connectivity index (χ3n) is 4.47. The SMILES string of the molecule is CC1=C(O)C=C2NC(=O)N[C@](/C=C/C3CC3)(C(F)(F)F)C2C1. The lowest BCUT2D eigenvalue weighted by atomic mass is 9.73. The third kappa shape index (κ3) is 2.38. The number of alkyl halides is 3. The van der Waals surface area contributed by atoms with Crippen molar-refractivity contribution in [3.63, 3.8) is 0 Å². The molecule has 1 aliphatic heterocycles. The molecule has 0 aromatic heterocycles. The van der Waals surface area contributed by atoms with Crippen molar-refractivity contribution in [2.45, 2.75) is 37.9 Å². The molecule has 3 aliphatic rings. The average molecular weight is 314 g/mol. The van der Waals surface area contributed by atoms with E-state index in [0.717, 1.165) is 18.9 Å². The van der Waals surface area contributed by atoms with E-state index in [9.17, 15) is 23.1 Å². The van der Waals surface area contributed by atoms with Gasteiger partial charge in [-0.15, -0.1) is 0 Å². The summed E-state index contributed by atoms with van der Waals surface area (Å²) in [6.07, 6.45) is 1.01. The zero-order chi connectivity index (χ0) is 16.1. The number of urea groups is 1. The molecule has 4 nitrogen and oxygen atoms in total. The van der Waals surface area contributed by atoms with Crippen LogP contribution in [0, 0.1) is 11.8 Å². The third-order valence-corrected chi connectivity index (χ3v) is 4.47. The summed E-state index contributed by atoms with van der Waals surface area (Å²) in [4.78, 5) is 11.7. The number of fused-ring (bicyclic) bond motifs is 1. The molecule has 3 N–H and O–H groups in total. The van der Waals surface area contributed by atoms with Crippen LogP contribution in [-0.2, 0) is 0 Å². The smallest absolute Gasteiger partial charge is 0.415 e. The quantitative estimate of drug-likeness (QED) is 0.685. The zero-order valence-corrected chi connectivity index (χ0v) is 12.0. The lowest BCUT2D eigenvalue weighted by Crippen LogP contribution is -2.69. The summed E-state index contributed by atoms with van der Waals surface area (Å²) in [6, 6.07) is -0.910. The first-order chi connectivity index (χ1) is 10.2. The number of carbonyl (C=O) groups excluding carboxylic acids is 1. The Morgan fingerprint density at radius 1 is 1.41 bits per heavy atom. The Balaban J connectivity index is 2.07. The monoisotopic (exact) mass is 314 g/mol. The highest BCUT2D eigenvalue weighted by molar-refractivity contribution is 5.80. The number of hydrogen-bond donors (Lipinski definition) is 3. The van der Waals surface area contributed by atoms with Crippen LogP contribution in [0.4, 0.5) is 18.0 Å². The number of halogens is 3. The fraction of sp³-hybridized carbons (Fsp3) is 0.533. The predicted octanol–water partition coefficient (Wildman–Crippen LogP) is 3.30. The van der Waals surface area contributed by atoms with E-state index in [1.165, 1.54) is 6.08 Å². The fourth-order valence-electron chi connectivity index (χ4n) is 2.96. The molecule has 120 valence electrons. The van der Waals surface area contributed by atoms with Crippen LogP contribution in [-0.4, -0.2) is 22.9 Å². The molecule has 0 spiro atoms. The average Bonchev–Trinajstić information content (AvgIpc) is 3.21. The van der Waals surface area contributed by atoms with Gasteiger partial charge in [0.05, 0.1) is 0 Å². The summed E-state index contributed by atoms with van der Waals surface area (Å²) in [7, 11) is 0. The normalized spacial score (nSPS) is 32.5. The van der Waals surface area contributed by atoms with Crippen molar-refractivity contribution in [2.24, 2.45) is 11.8 Å². The van der Waals surface area contributed by atoms with Gasteiger partial charge in [-0.25, -0.2) is 4.79 Å². The number of aliphatic hydroxyl groups is 1. The van der Waals surface area contributed by atoms with Gasteiger partial charge in [0.25, 0.3) is 0 Å². The molecule has 22 heavy (non-hydrogen) atoms. The second kappa shape index (κ2) is 4.79. The molecule has 1 saturated carbocycles. The van der Waals surface area contributed by atoms with E-state index >= 15 is 0 Å².